The lowest BCUT2D eigenvalue weighted by Gasteiger charge is -2.16. The van der Waals surface area contributed by atoms with Crippen LogP contribution in [0, 0.1) is 0 Å². The fourth-order valence-electron chi connectivity index (χ4n) is 5.53. The van der Waals surface area contributed by atoms with Crippen molar-refractivity contribution in [2.75, 3.05) is 41.8 Å². The molecule has 0 aliphatic carbocycles. The smallest absolute Gasteiger partial charge is 0.0319 e. The normalized spacial score (nSPS) is 10.9. The van der Waals surface area contributed by atoms with E-state index in [2.05, 4.69) is 233 Å². The molecule has 1 N–H and O–H groups in total. The molecule has 0 atom stereocenters. The maximum atomic E-state index is 7.00. The van der Waals surface area contributed by atoms with Crippen molar-refractivity contribution >= 4 is 0 Å². The lowest BCUT2D eigenvalue weighted by Crippen LogP contribution is -2.11. The molecule has 0 amide bonds. The molecule has 3 aromatic carbocycles. The van der Waals surface area contributed by atoms with E-state index in [0.29, 0.717) is 47.3 Å². The van der Waals surface area contributed by atoms with Crippen LogP contribution in [0.5, 0.6) is 0 Å². The van der Waals surface area contributed by atoms with E-state index in [9.17, 15) is 0 Å². The zero-order valence-electron chi connectivity index (χ0n) is 42.4. The summed E-state index contributed by atoms with van der Waals surface area (Å²) in [6.07, 6.45) is 3.91. The molecule has 0 unspecified atom stereocenters. The van der Waals surface area contributed by atoms with Crippen molar-refractivity contribution in [1.29, 1.82) is 0 Å². The quantitative estimate of drug-likeness (QED) is 0.164. The minimum Gasteiger partial charge on any atom is -0.400 e. The van der Waals surface area contributed by atoms with Gasteiger partial charge in [-0.1, -0.05) is 190 Å². The number of rotatable bonds is 11. The molecule has 0 aliphatic rings. The van der Waals surface area contributed by atoms with E-state index in [1.54, 1.807) is 0 Å². The highest BCUT2D eigenvalue weighted by Gasteiger charge is 2.08. The van der Waals surface area contributed by atoms with Crippen molar-refractivity contribution in [3.05, 3.63) is 135 Å². The van der Waals surface area contributed by atoms with Crippen molar-refractivity contribution < 1.29 is 5.11 Å². The molecule has 4 rings (SSSR count). The standard InChI is InChI=1S/C15H25N.2C12H18.C11H17N.C4H11N.CH4O/c1-11(2)14-7-13(10-16(5)6)8-15(9-14)12(3)4;2*1-9(2)11-6-5-7-12(8-11)10(3)4;1-8(2)10-5-11(9(3)4)7-12-6-10;1-4-5(2)3;1-2/h7-9,11-12H,10H2,1-6H3;2*5-10H,1-4H3;5-9H,1-4H3;4H2,1-3H3;2H,1H3. The first-order chi connectivity index (χ1) is 27.5. The Bertz CT molecular complexity index is 1400. The van der Waals surface area contributed by atoms with Gasteiger partial charge in [0.05, 0.1) is 0 Å². The number of aromatic nitrogens is 1. The molecular formula is C55H93N3O. The summed E-state index contributed by atoms with van der Waals surface area (Å²) < 4.78 is 0. The van der Waals surface area contributed by atoms with Crippen molar-refractivity contribution in [1.82, 2.24) is 14.8 Å². The summed E-state index contributed by atoms with van der Waals surface area (Å²) in [7, 11) is 9.36. The maximum absolute atomic E-state index is 7.00. The molecule has 4 heteroatoms. The van der Waals surface area contributed by atoms with Crippen LogP contribution in [0.2, 0.25) is 0 Å². The summed E-state index contributed by atoms with van der Waals surface area (Å²) in [5.41, 5.74) is 12.8. The first kappa shape index (κ1) is 57.8. The molecule has 0 aliphatic heterocycles. The van der Waals surface area contributed by atoms with E-state index >= 15 is 0 Å². The van der Waals surface area contributed by atoms with Gasteiger partial charge in [0.2, 0.25) is 0 Å². The molecule has 0 radical (unpaired) electrons. The van der Waals surface area contributed by atoms with Crippen LogP contribution in [-0.2, 0) is 6.54 Å². The third-order valence-corrected chi connectivity index (χ3v) is 10.1. The lowest BCUT2D eigenvalue weighted by atomic mass is 9.93. The van der Waals surface area contributed by atoms with Gasteiger partial charge in [-0.05, 0) is 132 Å². The third kappa shape index (κ3) is 25.8. The Balaban J connectivity index is 0. The van der Waals surface area contributed by atoms with Crippen molar-refractivity contribution in [2.24, 2.45) is 0 Å². The fourth-order valence-corrected chi connectivity index (χ4v) is 5.53. The van der Waals surface area contributed by atoms with Gasteiger partial charge in [0.1, 0.15) is 0 Å². The molecule has 4 nitrogen and oxygen atoms in total. The average molecular weight is 812 g/mol. The maximum Gasteiger partial charge on any atom is 0.0319 e. The number of nitrogens with zero attached hydrogens (tertiary/aromatic N) is 3. The number of aliphatic hydroxyl groups is 1. The van der Waals surface area contributed by atoms with Gasteiger partial charge in [0.25, 0.3) is 0 Å². The monoisotopic (exact) mass is 812 g/mol. The highest BCUT2D eigenvalue weighted by atomic mass is 16.2. The Hall–Kier alpha value is -3.31. The van der Waals surface area contributed by atoms with Crippen LogP contribution in [0.25, 0.3) is 0 Å². The lowest BCUT2D eigenvalue weighted by molar-refractivity contribution is 0.399. The summed E-state index contributed by atoms with van der Waals surface area (Å²) >= 11 is 0. The van der Waals surface area contributed by atoms with Crippen molar-refractivity contribution in [3.8, 4) is 0 Å². The average Bonchev–Trinajstić information content (AvgIpc) is 3.19. The largest absolute Gasteiger partial charge is 0.400 e. The van der Waals surface area contributed by atoms with E-state index in [4.69, 9.17) is 5.11 Å². The SMILES string of the molecule is CC(C)c1cc(CN(C)C)cc(C(C)C)c1.CC(C)c1cccc(C(C)C)c1.CC(C)c1cccc(C(C)C)c1.CC(C)c1cncc(C(C)C)c1.CCN(C)C.CO. The van der Waals surface area contributed by atoms with Gasteiger partial charge in [0.15, 0.2) is 0 Å². The predicted molar refractivity (Wildman–Crippen MR) is 266 cm³/mol. The summed E-state index contributed by atoms with van der Waals surface area (Å²) in [6, 6.07) is 27.1. The third-order valence-electron chi connectivity index (χ3n) is 10.1. The van der Waals surface area contributed by atoms with Crippen LogP contribution in [0.3, 0.4) is 0 Å². The number of hydrogen-bond acceptors (Lipinski definition) is 4. The molecule has 59 heavy (non-hydrogen) atoms. The van der Waals surface area contributed by atoms with Crippen LogP contribution in [0.15, 0.2) is 85.2 Å². The summed E-state index contributed by atoms with van der Waals surface area (Å²) in [5, 5.41) is 7.00. The molecule has 0 bridgehead atoms. The van der Waals surface area contributed by atoms with Gasteiger partial charge in [0, 0.05) is 26.0 Å². The van der Waals surface area contributed by atoms with Crippen LogP contribution in [0.4, 0.5) is 0 Å². The Morgan fingerprint density at radius 1 is 0.390 bits per heavy atom. The summed E-state index contributed by atoms with van der Waals surface area (Å²) in [5.74, 6) is 4.95. The zero-order chi connectivity index (χ0) is 46.0. The van der Waals surface area contributed by atoms with Gasteiger partial charge in [-0.2, -0.15) is 0 Å². The van der Waals surface area contributed by atoms with Gasteiger partial charge in [-0.3, -0.25) is 4.98 Å². The number of benzene rings is 3. The molecular weight excluding hydrogens is 719 g/mol. The van der Waals surface area contributed by atoms with Gasteiger partial charge in [-0.15, -0.1) is 0 Å². The highest BCUT2D eigenvalue weighted by Crippen LogP contribution is 2.25. The molecule has 0 saturated carbocycles. The van der Waals surface area contributed by atoms with Crippen molar-refractivity contribution in [2.45, 2.75) is 172 Å². The molecule has 1 heterocycles. The molecule has 0 spiro atoms. The molecule has 0 fully saturated rings. The van der Waals surface area contributed by atoms with Crippen molar-refractivity contribution in [3.63, 3.8) is 0 Å². The summed E-state index contributed by atoms with van der Waals surface area (Å²) in [6.45, 7) is 40.0. The Kier molecular flexibility index (Phi) is 30.9. The molecule has 334 valence electrons. The van der Waals surface area contributed by atoms with E-state index in [1.807, 2.05) is 12.4 Å². The van der Waals surface area contributed by atoms with Gasteiger partial charge in [-0.25, -0.2) is 0 Å². The number of pyridine rings is 1. The summed E-state index contributed by atoms with van der Waals surface area (Å²) in [4.78, 5) is 8.58. The Morgan fingerprint density at radius 3 is 0.847 bits per heavy atom. The van der Waals surface area contributed by atoms with Crippen LogP contribution in [-0.4, -0.2) is 61.7 Å². The second-order valence-electron chi connectivity index (χ2n) is 18.8. The van der Waals surface area contributed by atoms with Gasteiger partial charge < -0.3 is 14.9 Å². The molecule has 0 saturated heterocycles. The second-order valence-corrected chi connectivity index (χ2v) is 18.8. The van der Waals surface area contributed by atoms with Crippen LogP contribution < -0.4 is 0 Å². The number of hydrogen-bond donors (Lipinski definition) is 1. The first-order valence-electron chi connectivity index (χ1n) is 22.5. The Morgan fingerprint density at radius 2 is 0.627 bits per heavy atom. The molecule has 4 aromatic rings. The minimum absolute atomic E-state index is 0.580. The zero-order valence-corrected chi connectivity index (χ0v) is 42.4. The van der Waals surface area contributed by atoms with Gasteiger partial charge >= 0.3 is 0 Å². The van der Waals surface area contributed by atoms with E-state index in [-0.39, 0.29) is 0 Å². The van der Waals surface area contributed by atoms with E-state index in [0.717, 1.165) is 20.2 Å². The Labute approximate surface area is 367 Å². The van der Waals surface area contributed by atoms with E-state index in [1.165, 1.54) is 50.1 Å². The number of aliphatic hydroxyl groups excluding tert-OH is 1. The minimum atomic E-state index is 0.580. The van der Waals surface area contributed by atoms with Crippen LogP contribution >= 0.6 is 0 Å². The van der Waals surface area contributed by atoms with Crippen LogP contribution in [0.1, 0.15) is 215 Å². The first-order valence-corrected chi connectivity index (χ1v) is 22.5. The fraction of sp³-hybridized carbons (Fsp3) is 0.582. The highest BCUT2D eigenvalue weighted by molar-refractivity contribution is 5.34. The van der Waals surface area contributed by atoms with E-state index < -0.39 is 0 Å². The topological polar surface area (TPSA) is 39.6 Å². The predicted octanol–water partition coefficient (Wildman–Crippen LogP) is 15.4. The second kappa shape index (κ2) is 31.5. The molecule has 1 aromatic heterocycles.